The van der Waals surface area contributed by atoms with E-state index in [1.165, 1.54) is 26.2 Å². The van der Waals surface area contributed by atoms with Gasteiger partial charge in [-0.1, -0.05) is 42.5 Å². The van der Waals surface area contributed by atoms with Crippen LogP contribution in [0.1, 0.15) is 28.8 Å². The van der Waals surface area contributed by atoms with Crippen LogP contribution in [0.2, 0.25) is 0 Å². The molecule has 0 aliphatic rings. The van der Waals surface area contributed by atoms with Crippen molar-refractivity contribution in [3.63, 3.8) is 0 Å². The van der Waals surface area contributed by atoms with Crippen LogP contribution in [0.15, 0.2) is 42.5 Å². The number of halogens is 2. The molecule has 0 heterocycles. The summed E-state index contributed by atoms with van der Waals surface area (Å²) in [5.74, 6) is 3.78. The first-order valence-electron chi connectivity index (χ1n) is 6.58. The highest BCUT2D eigenvalue weighted by atomic mass is 19.2. The van der Waals surface area contributed by atoms with Gasteiger partial charge in [0.25, 0.3) is 0 Å². The minimum atomic E-state index is -0.907. The van der Waals surface area contributed by atoms with Crippen LogP contribution >= 0.6 is 0 Å². The first-order chi connectivity index (χ1) is 10.1. The average molecular weight is 292 g/mol. The number of benzene rings is 2. The molecule has 5 heteroatoms. The van der Waals surface area contributed by atoms with Gasteiger partial charge < -0.3 is 4.74 Å². The third-order valence-electron chi connectivity index (χ3n) is 3.50. The van der Waals surface area contributed by atoms with Gasteiger partial charge in [-0.3, -0.25) is 5.84 Å². The zero-order valence-corrected chi connectivity index (χ0v) is 11.9. The van der Waals surface area contributed by atoms with E-state index in [0.29, 0.717) is 0 Å². The Kier molecular flexibility index (Phi) is 5.01. The summed E-state index contributed by atoms with van der Waals surface area (Å²) < 4.78 is 33.4. The van der Waals surface area contributed by atoms with Gasteiger partial charge in [-0.15, -0.1) is 0 Å². The second kappa shape index (κ2) is 6.76. The van der Waals surface area contributed by atoms with E-state index in [4.69, 9.17) is 10.6 Å². The molecule has 0 spiro atoms. The van der Waals surface area contributed by atoms with E-state index in [0.717, 1.165) is 5.56 Å². The van der Waals surface area contributed by atoms with Gasteiger partial charge in [-0.05, 0) is 18.1 Å². The maximum atomic E-state index is 14.2. The summed E-state index contributed by atoms with van der Waals surface area (Å²) >= 11 is 0. The number of nitrogens with two attached hydrogens (primary N) is 1. The van der Waals surface area contributed by atoms with E-state index in [1.807, 2.05) is 30.3 Å². The largest absolute Gasteiger partial charge is 0.375 e. The second-order valence-electron chi connectivity index (χ2n) is 4.81. The quantitative estimate of drug-likeness (QED) is 0.657. The van der Waals surface area contributed by atoms with Gasteiger partial charge >= 0.3 is 0 Å². The van der Waals surface area contributed by atoms with Crippen LogP contribution in [0.25, 0.3) is 0 Å². The minimum Gasteiger partial charge on any atom is -0.375 e. The summed E-state index contributed by atoms with van der Waals surface area (Å²) in [4.78, 5) is 0. The van der Waals surface area contributed by atoms with Gasteiger partial charge in [0, 0.05) is 12.7 Å². The van der Waals surface area contributed by atoms with Crippen molar-refractivity contribution < 1.29 is 13.5 Å². The Morgan fingerprint density at radius 1 is 1.05 bits per heavy atom. The van der Waals surface area contributed by atoms with Crippen LogP contribution in [0.4, 0.5) is 8.78 Å². The zero-order chi connectivity index (χ0) is 15.4. The topological polar surface area (TPSA) is 47.3 Å². The average Bonchev–Trinajstić information content (AvgIpc) is 2.52. The molecular weight excluding hydrogens is 274 g/mol. The van der Waals surface area contributed by atoms with Crippen molar-refractivity contribution in [2.24, 2.45) is 5.84 Å². The minimum absolute atomic E-state index is 0.135. The van der Waals surface area contributed by atoms with Gasteiger partial charge in [0.15, 0.2) is 11.6 Å². The molecule has 2 aromatic carbocycles. The molecule has 21 heavy (non-hydrogen) atoms. The summed E-state index contributed by atoms with van der Waals surface area (Å²) in [6.07, 6.45) is -0.534. The van der Waals surface area contributed by atoms with E-state index >= 15 is 0 Å². The van der Waals surface area contributed by atoms with E-state index in [-0.39, 0.29) is 11.1 Å². The lowest BCUT2D eigenvalue weighted by molar-refractivity contribution is 0.0662. The smallest absolute Gasteiger partial charge is 0.164 e. The normalized spacial score (nSPS) is 14.0. The maximum absolute atomic E-state index is 14.2. The molecule has 0 aliphatic carbocycles. The van der Waals surface area contributed by atoms with Gasteiger partial charge in [-0.25, -0.2) is 14.2 Å². The predicted molar refractivity (Wildman–Crippen MR) is 77.4 cm³/mol. The number of methoxy groups -OCH3 is 1. The van der Waals surface area contributed by atoms with E-state index in [9.17, 15) is 8.78 Å². The molecule has 0 aromatic heterocycles. The molecule has 0 saturated carbocycles. The van der Waals surface area contributed by atoms with Crippen molar-refractivity contribution in [3.8, 4) is 0 Å². The Labute approximate surface area is 122 Å². The Morgan fingerprint density at radius 3 is 2.29 bits per heavy atom. The fraction of sp³-hybridized carbons (Fsp3) is 0.250. The molecule has 112 valence electrons. The Bertz CT molecular complexity index is 605. The fourth-order valence-electron chi connectivity index (χ4n) is 2.35. The standard InChI is InChI=1S/C16H18F2N2O/c1-10-8-9-12(14(18)13(10)17)15(20-19)16(21-2)11-6-4-3-5-7-11/h3-9,15-16,20H,19H2,1-2H3. The number of nitrogens with one attached hydrogen (secondary N) is 1. The highest BCUT2D eigenvalue weighted by Gasteiger charge is 2.27. The number of ether oxygens (including phenoxy) is 1. The molecule has 2 aromatic rings. The predicted octanol–water partition coefficient (Wildman–Crippen LogP) is 3.17. The van der Waals surface area contributed by atoms with E-state index in [2.05, 4.69) is 5.43 Å². The highest BCUT2D eigenvalue weighted by molar-refractivity contribution is 5.31. The molecule has 3 nitrogen and oxygen atoms in total. The molecule has 2 atom stereocenters. The molecule has 0 bridgehead atoms. The van der Waals surface area contributed by atoms with E-state index < -0.39 is 23.8 Å². The molecule has 0 aliphatic heterocycles. The van der Waals surface area contributed by atoms with Gasteiger partial charge in [0.2, 0.25) is 0 Å². The number of hydrogen-bond donors (Lipinski definition) is 2. The molecule has 2 rings (SSSR count). The first-order valence-corrected chi connectivity index (χ1v) is 6.58. The third kappa shape index (κ3) is 3.10. The van der Waals surface area contributed by atoms with Crippen molar-refractivity contribution >= 4 is 0 Å². The number of hydrogen-bond acceptors (Lipinski definition) is 3. The van der Waals surface area contributed by atoms with Gasteiger partial charge in [-0.2, -0.15) is 0 Å². The van der Waals surface area contributed by atoms with Crippen LogP contribution in [-0.2, 0) is 4.74 Å². The van der Waals surface area contributed by atoms with Crippen molar-refractivity contribution in [2.75, 3.05) is 7.11 Å². The van der Waals surface area contributed by atoms with Crippen molar-refractivity contribution in [1.29, 1.82) is 0 Å². The molecule has 0 radical (unpaired) electrons. The first kappa shape index (κ1) is 15.6. The Hall–Kier alpha value is -1.82. The molecule has 0 saturated heterocycles. The van der Waals surface area contributed by atoms with Crippen LogP contribution in [-0.4, -0.2) is 7.11 Å². The molecule has 0 amide bonds. The van der Waals surface area contributed by atoms with Gasteiger partial charge in [0.05, 0.1) is 6.04 Å². The van der Waals surface area contributed by atoms with Crippen LogP contribution in [0.5, 0.6) is 0 Å². The SMILES string of the molecule is COC(c1ccccc1)C(NN)c1ccc(C)c(F)c1F. The summed E-state index contributed by atoms with van der Waals surface area (Å²) in [5, 5.41) is 0. The number of rotatable bonds is 5. The Balaban J connectivity index is 2.45. The lowest BCUT2D eigenvalue weighted by Crippen LogP contribution is -2.34. The van der Waals surface area contributed by atoms with Crippen LogP contribution < -0.4 is 11.3 Å². The van der Waals surface area contributed by atoms with E-state index in [1.54, 1.807) is 0 Å². The van der Waals surface area contributed by atoms with Crippen molar-refractivity contribution in [2.45, 2.75) is 19.1 Å². The summed E-state index contributed by atoms with van der Waals surface area (Å²) in [5.41, 5.74) is 3.73. The van der Waals surface area contributed by atoms with Crippen LogP contribution in [0, 0.1) is 18.6 Å². The molecule has 0 fully saturated rings. The van der Waals surface area contributed by atoms with Crippen molar-refractivity contribution in [1.82, 2.24) is 5.43 Å². The highest BCUT2D eigenvalue weighted by Crippen LogP contribution is 2.33. The maximum Gasteiger partial charge on any atom is 0.164 e. The fourth-order valence-corrected chi connectivity index (χ4v) is 2.35. The number of hydrazine groups is 1. The third-order valence-corrected chi connectivity index (χ3v) is 3.50. The Morgan fingerprint density at radius 2 is 1.71 bits per heavy atom. The van der Waals surface area contributed by atoms with Crippen LogP contribution in [0.3, 0.4) is 0 Å². The monoisotopic (exact) mass is 292 g/mol. The summed E-state index contributed by atoms with van der Waals surface area (Å²) in [6, 6.07) is 11.6. The molecule has 3 N–H and O–H groups in total. The summed E-state index contributed by atoms with van der Waals surface area (Å²) in [6.45, 7) is 1.51. The zero-order valence-electron chi connectivity index (χ0n) is 11.9. The molecule has 2 unspecified atom stereocenters. The molecular formula is C16H18F2N2O. The lowest BCUT2D eigenvalue weighted by atomic mass is 9.95. The number of aryl methyl sites for hydroxylation is 1. The summed E-state index contributed by atoms with van der Waals surface area (Å²) in [7, 11) is 1.50. The lowest BCUT2D eigenvalue weighted by Gasteiger charge is -2.26. The second-order valence-corrected chi connectivity index (χ2v) is 4.81. The van der Waals surface area contributed by atoms with Gasteiger partial charge in [0.1, 0.15) is 6.10 Å². The van der Waals surface area contributed by atoms with Crippen molar-refractivity contribution in [3.05, 3.63) is 70.8 Å².